The van der Waals surface area contributed by atoms with Crippen molar-refractivity contribution in [2.75, 3.05) is 26.4 Å². The standard InChI is InChI=1S/C15H29N3O4S/c1-11(2)10-14(16-12(3)19)15(20)17(4)13-6-8-18(9-7-13)23(5,21)22/h11,13-14H,6-10H2,1-5H3,(H,16,19)/t14-/m0/s1. The van der Waals surface area contributed by atoms with E-state index in [1.807, 2.05) is 13.8 Å². The first-order chi connectivity index (χ1) is 10.5. The first-order valence-corrected chi connectivity index (χ1v) is 9.86. The fourth-order valence-corrected chi connectivity index (χ4v) is 3.80. The first-order valence-electron chi connectivity index (χ1n) is 8.01. The van der Waals surface area contributed by atoms with Crippen LogP contribution in [-0.4, -0.2) is 67.9 Å². The average Bonchev–Trinajstić information content (AvgIpc) is 2.43. The van der Waals surface area contributed by atoms with Crippen molar-refractivity contribution >= 4 is 21.8 Å². The Morgan fingerprint density at radius 2 is 1.78 bits per heavy atom. The molecule has 1 rings (SSSR count). The molecule has 8 heteroatoms. The highest BCUT2D eigenvalue weighted by Gasteiger charge is 2.32. The molecule has 1 aliphatic heterocycles. The van der Waals surface area contributed by atoms with Gasteiger partial charge in [-0.1, -0.05) is 13.8 Å². The van der Waals surface area contributed by atoms with Gasteiger partial charge >= 0.3 is 0 Å². The van der Waals surface area contributed by atoms with Crippen molar-refractivity contribution in [2.24, 2.45) is 5.92 Å². The predicted octanol–water partition coefficient (Wildman–Crippen LogP) is 0.420. The fourth-order valence-electron chi connectivity index (χ4n) is 2.93. The summed E-state index contributed by atoms with van der Waals surface area (Å²) in [4.78, 5) is 25.7. The molecule has 0 bridgehead atoms. The monoisotopic (exact) mass is 347 g/mol. The molecule has 1 fully saturated rings. The van der Waals surface area contributed by atoms with Crippen LogP contribution in [0.3, 0.4) is 0 Å². The van der Waals surface area contributed by atoms with Crippen LogP contribution in [0.25, 0.3) is 0 Å². The Labute approximate surface area is 139 Å². The van der Waals surface area contributed by atoms with Gasteiger partial charge in [-0.05, 0) is 25.2 Å². The summed E-state index contributed by atoms with van der Waals surface area (Å²) in [6.45, 7) is 6.27. The number of rotatable bonds is 6. The first kappa shape index (κ1) is 19.9. The third-order valence-corrected chi connectivity index (χ3v) is 5.47. The van der Waals surface area contributed by atoms with E-state index in [1.54, 1.807) is 11.9 Å². The van der Waals surface area contributed by atoms with Crippen molar-refractivity contribution in [1.29, 1.82) is 0 Å². The summed E-state index contributed by atoms with van der Waals surface area (Å²) in [7, 11) is -1.44. The smallest absolute Gasteiger partial charge is 0.245 e. The molecule has 1 saturated heterocycles. The van der Waals surface area contributed by atoms with Crippen LogP contribution in [0.15, 0.2) is 0 Å². The van der Waals surface area contributed by atoms with Gasteiger partial charge in [0, 0.05) is 33.1 Å². The zero-order valence-corrected chi connectivity index (χ0v) is 15.5. The average molecular weight is 347 g/mol. The lowest BCUT2D eigenvalue weighted by Gasteiger charge is -2.37. The summed E-state index contributed by atoms with van der Waals surface area (Å²) in [5.74, 6) is -0.0349. The van der Waals surface area contributed by atoms with Gasteiger partial charge in [-0.25, -0.2) is 12.7 Å². The Bertz CT molecular complexity index is 525. The Morgan fingerprint density at radius 3 is 2.17 bits per heavy atom. The van der Waals surface area contributed by atoms with Gasteiger partial charge in [0.05, 0.1) is 6.26 Å². The van der Waals surface area contributed by atoms with E-state index in [2.05, 4.69) is 5.32 Å². The summed E-state index contributed by atoms with van der Waals surface area (Å²) in [6.07, 6.45) is 3.02. The number of hydrogen-bond donors (Lipinski definition) is 1. The Hall–Kier alpha value is -1.15. The van der Waals surface area contributed by atoms with Crippen molar-refractivity contribution < 1.29 is 18.0 Å². The molecule has 134 valence electrons. The van der Waals surface area contributed by atoms with Gasteiger partial charge in [-0.3, -0.25) is 9.59 Å². The third-order valence-electron chi connectivity index (χ3n) is 4.17. The minimum atomic E-state index is -3.17. The van der Waals surface area contributed by atoms with Gasteiger partial charge in [0.15, 0.2) is 0 Å². The second kappa shape index (κ2) is 8.10. The van der Waals surface area contributed by atoms with E-state index in [4.69, 9.17) is 0 Å². The highest BCUT2D eigenvalue weighted by atomic mass is 32.2. The van der Waals surface area contributed by atoms with Crippen molar-refractivity contribution in [3.8, 4) is 0 Å². The molecule has 1 N–H and O–H groups in total. The van der Waals surface area contributed by atoms with Gasteiger partial charge in [0.25, 0.3) is 0 Å². The molecule has 0 aromatic carbocycles. The Kier molecular flexibility index (Phi) is 7.01. The van der Waals surface area contributed by atoms with Crippen molar-refractivity contribution in [3.05, 3.63) is 0 Å². The van der Waals surface area contributed by atoms with E-state index >= 15 is 0 Å². The lowest BCUT2D eigenvalue weighted by Crippen LogP contribution is -2.53. The van der Waals surface area contributed by atoms with Crippen LogP contribution >= 0.6 is 0 Å². The Morgan fingerprint density at radius 1 is 1.26 bits per heavy atom. The molecular weight excluding hydrogens is 318 g/mol. The number of nitrogens with one attached hydrogen (secondary N) is 1. The Balaban J connectivity index is 2.69. The SMILES string of the molecule is CC(=O)N[C@@H](CC(C)C)C(=O)N(C)C1CCN(S(C)(=O)=O)CC1. The molecule has 0 radical (unpaired) electrons. The van der Waals surface area contributed by atoms with Gasteiger partial charge in [0.2, 0.25) is 21.8 Å². The molecule has 0 saturated carbocycles. The number of carbonyl (C=O) groups excluding carboxylic acids is 2. The zero-order valence-electron chi connectivity index (χ0n) is 14.7. The molecule has 0 aromatic rings. The lowest BCUT2D eigenvalue weighted by atomic mass is 10.00. The second-order valence-electron chi connectivity index (χ2n) is 6.73. The van der Waals surface area contributed by atoms with Crippen molar-refractivity contribution in [1.82, 2.24) is 14.5 Å². The van der Waals surface area contributed by atoms with Crippen LogP contribution in [0.1, 0.15) is 40.0 Å². The van der Waals surface area contributed by atoms with E-state index in [0.717, 1.165) is 0 Å². The summed E-state index contributed by atoms with van der Waals surface area (Å²) in [6, 6.07) is -0.519. The maximum Gasteiger partial charge on any atom is 0.245 e. The van der Waals surface area contributed by atoms with E-state index in [-0.39, 0.29) is 23.8 Å². The highest BCUT2D eigenvalue weighted by molar-refractivity contribution is 7.88. The van der Waals surface area contributed by atoms with Crippen LogP contribution in [-0.2, 0) is 19.6 Å². The molecule has 23 heavy (non-hydrogen) atoms. The third kappa shape index (κ3) is 6.10. The maximum absolute atomic E-state index is 12.7. The molecule has 0 aromatic heterocycles. The summed E-state index contributed by atoms with van der Waals surface area (Å²) in [5, 5.41) is 2.73. The number of amides is 2. The quantitative estimate of drug-likeness (QED) is 0.754. The van der Waals surface area contributed by atoms with E-state index < -0.39 is 16.1 Å². The van der Waals surface area contributed by atoms with Gasteiger partial charge in [0.1, 0.15) is 6.04 Å². The zero-order chi connectivity index (χ0) is 17.8. The van der Waals surface area contributed by atoms with Gasteiger partial charge in [-0.2, -0.15) is 0 Å². The molecule has 1 atom stereocenters. The van der Waals surface area contributed by atoms with Gasteiger partial charge < -0.3 is 10.2 Å². The van der Waals surface area contributed by atoms with Gasteiger partial charge in [-0.15, -0.1) is 0 Å². The molecule has 1 heterocycles. The predicted molar refractivity (Wildman–Crippen MR) is 89.3 cm³/mol. The van der Waals surface area contributed by atoms with Crippen LogP contribution in [0.5, 0.6) is 0 Å². The van der Waals surface area contributed by atoms with Crippen LogP contribution in [0.4, 0.5) is 0 Å². The lowest BCUT2D eigenvalue weighted by molar-refractivity contribution is -0.137. The maximum atomic E-state index is 12.7. The summed E-state index contributed by atoms with van der Waals surface area (Å²) in [5.41, 5.74) is 0. The molecule has 7 nitrogen and oxygen atoms in total. The van der Waals surface area contributed by atoms with Crippen molar-refractivity contribution in [2.45, 2.75) is 52.1 Å². The summed E-state index contributed by atoms with van der Waals surface area (Å²) >= 11 is 0. The molecule has 0 unspecified atom stereocenters. The molecule has 0 spiro atoms. The highest BCUT2D eigenvalue weighted by Crippen LogP contribution is 2.19. The second-order valence-corrected chi connectivity index (χ2v) is 8.71. The van der Waals surface area contributed by atoms with E-state index in [1.165, 1.54) is 17.5 Å². The van der Waals surface area contributed by atoms with E-state index in [0.29, 0.717) is 32.4 Å². The number of piperidine rings is 1. The normalized spacial score (nSPS) is 18.7. The largest absolute Gasteiger partial charge is 0.345 e. The molecule has 1 aliphatic rings. The molecular formula is C15H29N3O4S. The topological polar surface area (TPSA) is 86.8 Å². The minimum absolute atomic E-state index is 0.00363. The number of hydrogen-bond acceptors (Lipinski definition) is 4. The molecule has 0 aliphatic carbocycles. The van der Waals surface area contributed by atoms with Crippen LogP contribution in [0, 0.1) is 5.92 Å². The number of nitrogens with zero attached hydrogens (tertiary/aromatic N) is 2. The minimum Gasteiger partial charge on any atom is -0.345 e. The number of likely N-dealkylation sites (N-methyl/N-ethyl adjacent to an activating group) is 1. The van der Waals surface area contributed by atoms with Crippen molar-refractivity contribution in [3.63, 3.8) is 0 Å². The fraction of sp³-hybridized carbons (Fsp3) is 0.867. The number of sulfonamides is 1. The summed E-state index contributed by atoms with van der Waals surface area (Å²) < 4.78 is 24.5. The van der Waals surface area contributed by atoms with E-state index in [9.17, 15) is 18.0 Å². The number of carbonyl (C=O) groups is 2. The van der Waals surface area contributed by atoms with Crippen LogP contribution < -0.4 is 5.32 Å². The van der Waals surface area contributed by atoms with Crippen LogP contribution in [0.2, 0.25) is 0 Å². The molecule has 2 amide bonds.